The van der Waals surface area contributed by atoms with E-state index in [2.05, 4.69) is 5.32 Å². The van der Waals surface area contributed by atoms with Gasteiger partial charge in [-0.3, -0.25) is 14.9 Å². The van der Waals surface area contributed by atoms with E-state index in [0.717, 1.165) is 23.3 Å². The second-order valence-corrected chi connectivity index (χ2v) is 6.36. The summed E-state index contributed by atoms with van der Waals surface area (Å²) in [5, 5.41) is 13.3. The number of ether oxygens (including phenoxy) is 1. The van der Waals surface area contributed by atoms with Crippen LogP contribution in [0.15, 0.2) is 72.8 Å². The molecule has 0 aromatic heterocycles. The fraction of sp³-hybridized carbons (Fsp3) is 0.0909. The minimum Gasteiger partial charge on any atom is -0.452 e. The number of rotatable bonds is 7. The third-order valence-corrected chi connectivity index (χ3v) is 4.24. The fourth-order valence-corrected chi connectivity index (χ4v) is 2.85. The van der Waals surface area contributed by atoms with Crippen molar-refractivity contribution in [3.8, 4) is 0 Å². The van der Waals surface area contributed by atoms with Gasteiger partial charge in [-0.25, -0.2) is 9.18 Å². The maximum absolute atomic E-state index is 13.2. The molecule has 152 valence electrons. The maximum Gasteiger partial charge on any atom is 0.338 e. The van der Waals surface area contributed by atoms with E-state index in [1.54, 1.807) is 24.3 Å². The molecule has 0 fully saturated rings. The molecule has 0 radical (unpaired) electrons. The van der Waals surface area contributed by atoms with Gasteiger partial charge in [0.15, 0.2) is 6.61 Å². The molecule has 8 heteroatoms. The summed E-state index contributed by atoms with van der Waals surface area (Å²) < 4.78 is 18.3. The zero-order chi connectivity index (χ0) is 21.5. The van der Waals surface area contributed by atoms with Gasteiger partial charge in [0.25, 0.3) is 11.6 Å². The van der Waals surface area contributed by atoms with Crippen LogP contribution in [0.3, 0.4) is 0 Å². The molecule has 0 bridgehead atoms. The van der Waals surface area contributed by atoms with Crippen LogP contribution in [-0.4, -0.2) is 23.4 Å². The van der Waals surface area contributed by atoms with E-state index in [9.17, 15) is 24.1 Å². The van der Waals surface area contributed by atoms with Crippen LogP contribution < -0.4 is 5.32 Å². The Balaban J connectivity index is 1.65. The Bertz CT molecular complexity index is 1090. The normalized spacial score (nSPS) is 10.3. The predicted molar refractivity (Wildman–Crippen MR) is 108 cm³/mol. The number of carbonyl (C=O) groups is 2. The lowest BCUT2D eigenvalue weighted by molar-refractivity contribution is -0.384. The molecule has 1 N–H and O–H groups in total. The lowest BCUT2D eigenvalue weighted by Gasteiger charge is -2.10. The number of nitrogens with zero attached hydrogens (tertiary/aromatic N) is 1. The molecule has 0 unspecified atom stereocenters. The molecule has 7 nitrogen and oxygen atoms in total. The maximum atomic E-state index is 13.2. The molecule has 1 amide bonds. The summed E-state index contributed by atoms with van der Waals surface area (Å²) in [5.74, 6) is -2.27. The monoisotopic (exact) mass is 408 g/mol. The van der Waals surface area contributed by atoms with Crippen LogP contribution in [0.25, 0.3) is 0 Å². The summed E-state index contributed by atoms with van der Waals surface area (Å²) in [6.45, 7) is -0.646. The largest absolute Gasteiger partial charge is 0.452 e. The molecule has 0 aliphatic heterocycles. The number of carbonyl (C=O) groups excluding carboxylic acids is 2. The van der Waals surface area contributed by atoms with Gasteiger partial charge in [0.2, 0.25) is 0 Å². The van der Waals surface area contributed by atoms with Crippen LogP contribution >= 0.6 is 0 Å². The molecule has 0 saturated carbocycles. The number of benzene rings is 3. The van der Waals surface area contributed by atoms with Gasteiger partial charge in [-0.1, -0.05) is 48.5 Å². The van der Waals surface area contributed by atoms with E-state index in [0.29, 0.717) is 18.1 Å². The Morgan fingerprint density at radius 3 is 2.43 bits per heavy atom. The Kier molecular flexibility index (Phi) is 6.49. The number of hydrogen-bond acceptors (Lipinski definition) is 5. The summed E-state index contributed by atoms with van der Waals surface area (Å²) in [5.41, 5.74) is 1.29. The van der Waals surface area contributed by atoms with Gasteiger partial charge in [-0.2, -0.15) is 0 Å². The molecule has 0 aliphatic rings. The van der Waals surface area contributed by atoms with Crippen LogP contribution in [0, 0.1) is 15.9 Å². The van der Waals surface area contributed by atoms with Crippen molar-refractivity contribution in [1.29, 1.82) is 0 Å². The highest BCUT2D eigenvalue weighted by Crippen LogP contribution is 2.25. The van der Waals surface area contributed by atoms with E-state index in [4.69, 9.17) is 4.74 Å². The van der Waals surface area contributed by atoms with E-state index in [-0.39, 0.29) is 5.69 Å². The van der Waals surface area contributed by atoms with Crippen molar-refractivity contribution in [2.45, 2.75) is 6.42 Å². The highest BCUT2D eigenvalue weighted by Gasteiger charge is 2.19. The Morgan fingerprint density at radius 1 is 1.00 bits per heavy atom. The number of anilines is 1. The quantitative estimate of drug-likeness (QED) is 0.360. The van der Waals surface area contributed by atoms with E-state index >= 15 is 0 Å². The van der Waals surface area contributed by atoms with Crippen LogP contribution in [-0.2, 0) is 16.0 Å². The SMILES string of the molecule is O=C(COC(=O)c1ccccc1Cc1ccccc1)Nc1ccc(F)cc1[N+](=O)[O-]. The van der Waals surface area contributed by atoms with Crippen molar-refractivity contribution in [2.24, 2.45) is 0 Å². The first-order valence-electron chi connectivity index (χ1n) is 8.97. The van der Waals surface area contributed by atoms with Gasteiger partial charge in [0.05, 0.1) is 16.6 Å². The van der Waals surface area contributed by atoms with Crippen LogP contribution in [0.2, 0.25) is 0 Å². The Morgan fingerprint density at radius 2 is 1.70 bits per heavy atom. The fourth-order valence-electron chi connectivity index (χ4n) is 2.85. The number of nitro groups is 1. The first kappa shape index (κ1) is 20.7. The minimum atomic E-state index is -0.815. The smallest absolute Gasteiger partial charge is 0.338 e. The van der Waals surface area contributed by atoms with Crippen molar-refractivity contribution >= 4 is 23.3 Å². The minimum absolute atomic E-state index is 0.188. The topological polar surface area (TPSA) is 98.5 Å². The van der Waals surface area contributed by atoms with Crippen molar-refractivity contribution in [2.75, 3.05) is 11.9 Å². The molecule has 3 aromatic carbocycles. The zero-order valence-electron chi connectivity index (χ0n) is 15.7. The number of halogens is 1. The summed E-state index contributed by atoms with van der Waals surface area (Å²) in [7, 11) is 0. The van der Waals surface area contributed by atoms with Crippen LogP contribution in [0.5, 0.6) is 0 Å². The van der Waals surface area contributed by atoms with Gasteiger partial charge < -0.3 is 10.1 Å². The van der Waals surface area contributed by atoms with Crippen molar-refractivity contribution < 1.29 is 23.6 Å². The van der Waals surface area contributed by atoms with Gasteiger partial charge in [-0.05, 0) is 35.7 Å². The molecule has 0 saturated heterocycles. The standard InChI is InChI=1S/C22H17FN2O5/c23-17-10-11-19(20(13-17)25(28)29)24-21(26)14-30-22(27)18-9-5-4-8-16(18)12-15-6-2-1-3-7-15/h1-11,13H,12,14H2,(H,24,26). The van der Waals surface area contributed by atoms with E-state index in [1.165, 1.54) is 0 Å². The number of esters is 1. The average Bonchev–Trinajstić information content (AvgIpc) is 2.74. The van der Waals surface area contributed by atoms with Crippen molar-refractivity contribution in [3.63, 3.8) is 0 Å². The zero-order valence-corrected chi connectivity index (χ0v) is 15.7. The molecule has 3 rings (SSSR count). The van der Waals surface area contributed by atoms with Crippen molar-refractivity contribution in [1.82, 2.24) is 0 Å². The van der Waals surface area contributed by atoms with Gasteiger partial charge in [-0.15, -0.1) is 0 Å². The van der Waals surface area contributed by atoms with Gasteiger partial charge in [0, 0.05) is 0 Å². The molecule has 0 heterocycles. The lowest BCUT2D eigenvalue weighted by Crippen LogP contribution is -2.22. The number of amides is 1. The molecule has 30 heavy (non-hydrogen) atoms. The average molecular weight is 408 g/mol. The second-order valence-electron chi connectivity index (χ2n) is 6.36. The summed E-state index contributed by atoms with van der Waals surface area (Å²) in [4.78, 5) is 34.7. The third kappa shape index (κ3) is 5.26. The number of nitro benzene ring substituents is 1. The number of hydrogen-bond donors (Lipinski definition) is 1. The summed E-state index contributed by atoms with van der Waals surface area (Å²) in [6, 6.07) is 19.2. The van der Waals surface area contributed by atoms with Crippen molar-refractivity contribution in [3.05, 3.63) is 105 Å². The van der Waals surface area contributed by atoms with Gasteiger partial charge in [0.1, 0.15) is 11.5 Å². The molecular formula is C22H17FN2O5. The summed E-state index contributed by atoms with van der Waals surface area (Å²) >= 11 is 0. The molecular weight excluding hydrogens is 391 g/mol. The first-order valence-corrected chi connectivity index (χ1v) is 8.97. The number of nitrogens with one attached hydrogen (secondary N) is 1. The highest BCUT2D eigenvalue weighted by molar-refractivity contribution is 5.97. The van der Waals surface area contributed by atoms with Gasteiger partial charge >= 0.3 is 5.97 Å². The third-order valence-electron chi connectivity index (χ3n) is 4.24. The molecule has 0 atom stereocenters. The highest BCUT2D eigenvalue weighted by atomic mass is 19.1. The molecule has 0 aliphatic carbocycles. The van der Waals surface area contributed by atoms with E-state index in [1.807, 2.05) is 30.3 Å². The van der Waals surface area contributed by atoms with E-state index < -0.39 is 34.9 Å². The van der Waals surface area contributed by atoms with Crippen LogP contribution in [0.4, 0.5) is 15.8 Å². The Hall–Kier alpha value is -4.07. The lowest BCUT2D eigenvalue weighted by atomic mass is 10.00. The second kappa shape index (κ2) is 9.42. The van der Waals surface area contributed by atoms with Crippen LogP contribution in [0.1, 0.15) is 21.5 Å². The molecule has 3 aromatic rings. The summed E-state index contributed by atoms with van der Waals surface area (Å²) in [6.07, 6.45) is 0.514. The Labute approximate surface area is 171 Å². The predicted octanol–water partition coefficient (Wildman–Crippen LogP) is 4.12. The molecule has 0 spiro atoms. The first-order chi connectivity index (χ1) is 14.4.